The molecule has 0 aliphatic rings. The maximum Gasteiger partial charge on any atom is 0.306 e. The van der Waals surface area contributed by atoms with Crippen LogP contribution in [0.5, 0.6) is 0 Å². The lowest BCUT2D eigenvalue weighted by molar-refractivity contribution is -0.167. The van der Waals surface area contributed by atoms with E-state index in [1.165, 1.54) is 89.9 Å². The summed E-state index contributed by atoms with van der Waals surface area (Å²) in [6.45, 7) is 6.34. The Balaban J connectivity index is 4.29. The first kappa shape index (κ1) is 74.3. The molecule has 0 saturated carbocycles. The molecule has 6 heteroatoms. The van der Waals surface area contributed by atoms with Crippen LogP contribution < -0.4 is 0 Å². The van der Waals surface area contributed by atoms with Crippen LogP contribution in [0.3, 0.4) is 0 Å². The fourth-order valence-corrected chi connectivity index (χ4v) is 8.51. The van der Waals surface area contributed by atoms with Crippen molar-refractivity contribution in [2.45, 2.75) is 284 Å². The highest BCUT2D eigenvalue weighted by Crippen LogP contribution is 2.15. The van der Waals surface area contributed by atoms with Gasteiger partial charge in [-0.1, -0.05) is 269 Å². The Morgan fingerprint density at radius 3 is 0.797 bits per heavy atom. The summed E-state index contributed by atoms with van der Waals surface area (Å²) in [6.07, 6.45) is 94.3. The zero-order valence-electron chi connectivity index (χ0n) is 51.1. The highest BCUT2D eigenvalue weighted by molar-refractivity contribution is 5.71. The van der Waals surface area contributed by atoms with Crippen molar-refractivity contribution in [2.24, 2.45) is 0 Å². The fraction of sp³-hybridized carbons (Fsp3) is 0.630. The lowest BCUT2D eigenvalue weighted by Crippen LogP contribution is -2.30. The second-order valence-electron chi connectivity index (χ2n) is 20.9. The SMILES string of the molecule is CC/C=C\C/C=C\C/C=C\C/C=C\C/C=C\C/C=C\CCCCCCCCCCCCCCC(=O)OCC(COC(=O)CCCCCCC/C=C\CCCC)OC(=O)CCCCC/C=C\C/C=C\C/C=C\C/C=C\C/C=C\CC. The highest BCUT2D eigenvalue weighted by atomic mass is 16.6. The van der Waals surface area contributed by atoms with Gasteiger partial charge in [0.1, 0.15) is 13.2 Å². The first-order chi connectivity index (χ1) is 39.0. The summed E-state index contributed by atoms with van der Waals surface area (Å²) < 4.78 is 16.9. The predicted octanol–water partition coefficient (Wildman–Crippen LogP) is 22.3. The molecule has 79 heavy (non-hydrogen) atoms. The van der Waals surface area contributed by atoms with Crippen molar-refractivity contribution in [3.8, 4) is 0 Å². The molecule has 0 saturated heterocycles. The Hall–Kier alpha value is -4.71. The quantitative estimate of drug-likeness (QED) is 0.0261. The van der Waals surface area contributed by atoms with Crippen LogP contribution in [0, 0.1) is 0 Å². The maximum absolute atomic E-state index is 12.9. The first-order valence-electron chi connectivity index (χ1n) is 32.3. The minimum atomic E-state index is -0.805. The summed E-state index contributed by atoms with van der Waals surface area (Å²) in [6, 6.07) is 0. The van der Waals surface area contributed by atoms with E-state index in [4.69, 9.17) is 14.2 Å². The smallest absolute Gasteiger partial charge is 0.306 e. The Morgan fingerprint density at radius 2 is 0.494 bits per heavy atom. The zero-order chi connectivity index (χ0) is 57.1. The third-order valence-corrected chi connectivity index (χ3v) is 13.3. The van der Waals surface area contributed by atoms with Gasteiger partial charge in [0.25, 0.3) is 0 Å². The molecule has 0 N–H and O–H groups in total. The van der Waals surface area contributed by atoms with E-state index < -0.39 is 6.10 Å². The standard InChI is InChI=1S/C73H118O6/c1-4-7-10-13-16-19-22-24-26-28-30-31-32-33-34-35-36-37-38-39-40-41-43-44-46-48-51-54-57-60-63-66-72(75)78-69-70(68-77-71(74)65-62-59-56-53-50-21-18-15-12-9-6-3)79-73(76)67-64-61-58-55-52-49-47-45-42-29-27-25-23-20-17-14-11-8-5-2/h7-8,10-11,15-20,24-27,30-31,33-34,36-37,42,45,49,52,70H,4-6,9,12-14,21-23,28-29,32,35,38-41,43-44,46-48,50-51,53-69H2,1-3H3/b10-7-,11-8-,18-15-,19-16-,20-17-,26-24-,27-25-,31-30-,34-33-,37-36-,45-42-,52-49-. The molecule has 0 aromatic carbocycles. The van der Waals surface area contributed by atoms with Crippen LogP contribution in [0.2, 0.25) is 0 Å². The van der Waals surface area contributed by atoms with Crippen molar-refractivity contribution in [1.82, 2.24) is 0 Å². The highest BCUT2D eigenvalue weighted by Gasteiger charge is 2.19. The maximum atomic E-state index is 12.9. The molecule has 0 aliphatic heterocycles. The number of allylic oxidation sites excluding steroid dienone is 24. The predicted molar refractivity (Wildman–Crippen MR) is 343 cm³/mol. The molecule has 0 fully saturated rings. The lowest BCUT2D eigenvalue weighted by Gasteiger charge is -2.18. The van der Waals surface area contributed by atoms with Crippen molar-refractivity contribution in [1.29, 1.82) is 0 Å². The third kappa shape index (κ3) is 64.0. The van der Waals surface area contributed by atoms with Crippen LogP contribution in [0.4, 0.5) is 0 Å². The summed E-state index contributed by atoms with van der Waals surface area (Å²) in [7, 11) is 0. The summed E-state index contributed by atoms with van der Waals surface area (Å²) in [4.78, 5) is 38.2. The van der Waals surface area contributed by atoms with Gasteiger partial charge in [0.15, 0.2) is 6.10 Å². The number of hydrogen-bond donors (Lipinski definition) is 0. The molecular formula is C73H118O6. The third-order valence-electron chi connectivity index (χ3n) is 13.3. The second kappa shape index (κ2) is 65.8. The van der Waals surface area contributed by atoms with E-state index in [0.717, 1.165) is 148 Å². The van der Waals surface area contributed by atoms with Crippen LogP contribution in [-0.2, 0) is 28.6 Å². The fourth-order valence-electron chi connectivity index (χ4n) is 8.51. The van der Waals surface area contributed by atoms with E-state index in [0.29, 0.717) is 12.8 Å². The monoisotopic (exact) mass is 1090 g/mol. The molecule has 1 unspecified atom stereocenters. The summed E-state index contributed by atoms with van der Waals surface area (Å²) in [5.74, 6) is -0.944. The normalized spacial score (nSPS) is 13.1. The minimum absolute atomic E-state index is 0.0989. The molecule has 0 heterocycles. The molecule has 0 aromatic rings. The molecule has 6 nitrogen and oxygen atoms in total. The molecule has 0 rings (SSSR count). The van der Waals surface area contributed by atoms with Gasteiger partial charge in [-0.3, -0.25) is 14.4 Å². The van der Waals surface area contributed by atoms with Gasteiger partial charge in [0.05, 0.1) is 0 Å². The van der Waals surface area contributed by atoms with Gasteiger partial charge < -0.3 is 14.2 Å². The molecule has 0 bridgehead atoms. The number of ether oxygens (including phenoxy) is 3. The van der Waals surface area contributed by atoms with E-state index in [2.05, 4.69) is 167 Å². The lowest BCUT2D eigenvalue weighted by atomic mass is 10.0. The Bertz CT molecular complexity index is 1730. The van der Waals surface area contributed by atoms with Gasteiger partial charge in [-0.25, -0.2) is 0 Å². The molecule has 0 spiro atoms. The minimum Gasteiger partial charge on any atom is -0.462 e. The molecule has 0 aliphatic carbocycles. The van der Waals surface area contributed by atoms with E-state index in [9.17, 15) is 14.4 Å². The van der Waals surface area contributed by atoms with E-state index in [1.807, 2.05) is 0 Å². The summed E-state index contributed by atoms with van der Waals surface area (Å²) in [5.41, 5.74) is 0. The molecule has 1 atom stereocenters. The number of carbonyl (C=O) groups excluding carboxylic acids is 3. The van der Waals surface area contributed by atoms with Gasteiger partial charge in [-0.2, -0.15) is 0 Å². The molecule has 446 valence electrons. The second-order valence-corrected chi connectivity index (χ2v) is 20.9. The van der Waals surface area contributed by atoms with Crippen molar-refractivity contribution < 1.29 is 28.6 Å². The topological polar surface area (TPSA) is 78.9 Å². The van der Waals surface area contributed by atoms with Crippen LogP contribution in [0.15, 0.2) is 146 Å². The van der Waals surface area contributed by atoms with Gasteiger partial charge in [-0.05, 0) is 135 Å². The van der Waals surface area contributed by atoms with E-state index in [1.54, 1.807) is 0 Å². The number of esters is 3. The van der Waals surface area contributed by atoms with Gasteiger partial charge in [0.2, 0.25) is 0 Å². The van der Waals surface area contributed by atoms with E-state index >= 15 is 0 Å². The van der Waals surface area contributed by atoms with Crippen molar-refractivity contribution >= 4 is 17.9 Å². The van der Waals surface area contributed by atoms with Crippen molar-refractivity contribution in [3.63, 3.8) is 0 Å². The van der Waals surface area contributed by atoms with Gasteiger partial charge in [0, 0.05) is 19.3 Å². The average molecular weight is 1090 g/mol. The van der Waals surface area contributed by atoms with Crippen LogP contribution in [0.25, 0.3) is 0 Å². The average Bonchev–Trinajstić information content (AvgIpc) is 3.45. The summed E-state index contributed by atoms with van der Waals surface area (Å²) in [5, 5.41) is 0. The number of unbranched alkanes of at least 4 members (excludes halogenated alkanes) is 22. The molecular weight excluding hydrogens is 973 g/mol. The Kier molecular flexibility index (Phi) is 61.9. The first-order valence-corrected chi connectivity index (χ1v) is 32.3. The Morgan fingerprint density at radius 1 is 0.266 bits per heavy atom. The molecule has 0 aromatic heterocycles. The summed E-state index contributed by atoms with van der Waals surface area (Å²) >= 11 is 0. The number of rotatable bonds is 57. The van der Waals surface area contributed by atoms with Crippen molar-refractivity contribution in [3.05, 3.63) is 146 Å². The molecule has 0 amide bonds. The number of hydrogen-bond acceptors (Lipinski definition) is 6. The largest absolute Gasteiger partial charge is 0.462 e. The molecule has 0 radical (unpaired) electrons. The van der Waals surface area contributed by atoms with Gasteiger partial charge >= 0.3 is 17.9 Å². The van der Waals surface area contributed by atoms with E-state index in [-0.39, 0.29) is 37.5 Å². The van der Waals surface area contributed by atoms with Crippen LogP contribution in [0.1, 0.15) is 278 Å². The van der Waals surface area contributed by atoms with Crippen molar-refractivity contribution in [2.75, 3.05) is 13.2 Å². The van der Waals surface area contributed by atoms with Crippen LogP contribution in [-0.4, -0.2) is 37.2 Å². The zero-order valence-corrected chi connectivity index (χ0v) is 51.1. The van der Waals surface area contributed by atoms with Gasteiger partial charge in [-0.15, -0.1) is 0 Å². The Labute approximate surface area is 487 Å². The number of carbonyl (C=O) groups is 3. The van der Waals surface area contributed by atoms with Crippen LogP contribution >= 0.6 is 0 Å².